The van der Waals surface area contributed by atoms with E-state index < -0.39 is 24.3 Å². The maximum Gasteiger partial charge on any atom is 0.491 e. The Kier molecular flexibility index (Phi) is 5.47. The van der Waals surface area contributed by atoms with Crippen LogP contribution in [-0.4, -0.2) is 42.4 Å². The van der Waals surface area contributed by atoms with Crippen molar-refractivity contribution in [3.63, 3.8) is 0 Å². The summed E-state index contributed by atoms with van der Waals surface area (Å²) in [5, 5.41) is 0. The van der Waals surface area contributed by atoms with Crippen LogP contribution in [0.1, 0.15) is 50.8 Å². The third-order valence-electron chi connectivity index (χ3n) is 4.38. The van der Waals surface area contributed by atoms with E-state index in [1.165, 1.54) is 0 Å². The molecule has 1 fully saturated rings. The van der Waals surface area contributed by atoms with E-state index in [-0.39, 0.29) is 12.2 Å². The Hall–Kier alpha value is -1.70. The van der Waals surface area contributed by atoms with E-state index in [1.807, 2.05) is 27.7 Å². The predicted molar refractivity (Wildman–Crippen MR) is 93.3 cm³/mol. The second-order valence-corrected chi connectivity index (χ2v) is 6.68. The molecule has 0 bridgehead atoms. The van der Waals surface area contributed by atoms with Crippen LogP contribution in [-0.2, 0) is 14.0 Å². The van der Waals surface area contributed by atoms with Crippen LogP contribution in [0.5, 0.6) is 0 Å². The number of nitrogens with zero attached hydrogens (tertiary/aromatic N) is 1. The standard InChI is InChI=1S/C17H25BN2O4/c1-6-22-15(21)14-9-7-8-13(20-14)10-12(11-19)18-23-16(2,3)17(4,5)24-18/h7-10H,6,11,19H2,1-5H3. The Morgan fingerprint density at radius 2 is 1.92 bits per heavy atom. The third kappa shape index (κ3) is 3.86. The molecule has 130 valence electrons. The smallest absolute Gasteiger partial charge is 0.461 e. The third-order valence-corrected chi connectivity index (χ3v) is 4.38. The van der Waals surface area contributed by atoms with Gasteiger partial charge in [0.1, 0.15) is 5.69 Å². The zero-order chi connectivity index (χ0) is 18.0. The lowest BCUT2D eigenvalue weighted by Gasteiger charge is -2.32. The van der Waals surface area contributed by atoms with Gasteiger partial charge in [0.05, 0.1) is 23.5 Å². The lowest BCUT2D eigenvalue weighted by Crippen LogP contribution is -2.41. The molecule has 0 spiro atoms. The molecule has 0 unspecified atom stereocenters. The zero-order valence-corrected chi connectivity index (χ0v) is 15.0. The van der Waals surface area contributed by atoms with E-state index in [0.29, 0.717) is 12.3 Å². The number of nitrogens with two attached hydrogens (primary N) is 1. The fourth-order valence-corrected chi connectivity index (χ4v) is 2.26. The second-order valence-electron chi connectivity index (χ2n) is 6.68. The lowest BCUT2D eigenvalue weighted by atomic mass is 9.77. The molecule has 0 aliphatic carbocycles. The molecule has 2 N–H and O–H groups in total. The molecule has 6 nitrogen and oxygen atoms in total. The maximum atomic E-state index is 11.8. The summed E-state index contributed by atoms with van der Waals surface area (Å²) in [6.45, 7) is 10.3. The van der Waals surface area contributed by atoms with Gasteiger partial charge in [0.15, 0.2) is 0 Å². The molecule has 2 heterocycles. The van der Waals surface area contributed by atoms with Crippen molar-refractivity contribution in [3.05, 3.63) is 35.1 Å². The van der Waals surface area contributed by atoms with E-state index in [2.05, 4.69) is 4.98 Å². The molecule has 0 aromatic carbocycles. The molecule has 1 aromatic heterocycles. The molecule has 0 radical (unpaired) electrons. The summed E-state index contributed by atoms with van der Waals surface area (Å²) in [6, 6.07) is 5.17. The van der Waals surface area contributed by atoms with Gasteiger partial charge in [0.25, 0.3) is 0 Å². The number of hydrogen-bond donors (Lipinski definition) is 1. The van der Waals surface area contributed by atoms with Gasteiger partial charge >= 0.3 is 13.1 Å². The fraction of sp³-hybridized carbons (Fsp3) is 0.529. The first-order chi connectivity index (χ1) is 11.2. The maximum absolute atomic E-state index is 11.8. The first kappa shape index (κ1) is 18.6. The van der Waals surface area contributed by atoms with Gasteiger partial charge in [-0.1, -0.05) is 6.07 Å². The van der Waals surface area contributed by atoms with Crippen LogP contribution in [0.4, 0.5) is 0 Å². The number of aromatic nitrogens is 1. The van der Waals surface area contributed by atoms with Crippen molar-refractivity contribution in [2.45, 2.75) is 45.8 Å². The highest BCUT2D eigenvalue weighted by atomic mass is 16.7. The van der Waals surface area contributed by atoms with Gasteiger partial charge in [0.2, 0.25) is 0 Å². The molecular formula is C17H25BN2O4. The number of carbonyl (C=O) groups excluding carboxylic acids is 1. The molecule has 0 amide bonds. The van der Waals surface area contributed by atoms with Crippen molar-refractivity contribution in [2.24, 2.45) is 5.73 Å². The fourth-order valence-electron chi connectivity index (χ4n) is 2.26. The first-order valence-corrected chi connectivity index (χ1v) is 8.10. The van der Waals surface area contributed by atoms with E-state index in [9.17, 15) is 4.79 Å². The molecule has 0 saturated carbocycles. The minimum absolute atomic E-state index is 0.260. The van der Waals surface area contributed by atoms with Gasteiger partial charge < -0.3 is 19.8 Å². The zero-order valence-electron chi connectivity index (χ0n) is 15.0. The van der Waals surface area contributed by atoms with Crippen LogP contribution < -0.4 is 5.73 Å². The monoisotopic (exact) mass is 332 g/mol. The van der Waals surface area contributed by atoms with Crippen molar-refractivity contribution in [3.8, 4) is 0 Å². The highest BCUT2D eigenvalue weighted by molar-refractivity contribution is 6.55. The molecule has 1 saturated heterocycles. The first-order valence-electron chi connectivity index (χ1n) is 8.10. The minimum Gasteiger partial charge on any atom is -0.461 e. The Bertz CT molecular complexity index is 627. The van der Waals surface area contributed by atoms with E-state index in [1.54, 1.807) is 31.2 Å². The van der Waals surface area contributed by atoms with Crippen molar-refractivity contribution >= 4 is 19.2 Å². The van der Waals surface area contributed by atoms with Crippen LogP contribution in [0.15, 0.2) is 23.7 Å². The van der Waals surface area contributed by atoms with E-state index in [0.717, 1.165) is 5.47 Å². The Labute approximate surface area is 143 Å². The van der Waals surface area contributed by atoms with Gasteiger partial charge in [0, 0.05) is 6.54 Å². The van der Waals surface area contributed by atoms with Gasteiger partial charge in [-0.25, -0.2) is 9.78 Å². The molecule has 1 aliphatic rings. The molecular weight excluding hydrogens is 307 g/mol. The van der Waals surface area contributed by atoms with E-state index >= 15 is 0 Å². The number of pyridine rings is 1. The molecule has 2 rings (SSSR count). The minimum atomic E-state index is -0.534. The highest BCUT2D eigenvalue weighted by Crippen LogP contribution is 2.38. The van der Waals surface area contributed by atoms with Gasteiger partial charge in [-0.05, 0) is 58.3 Å². The van der Waals surface area contributed by atoms with Crippen LogP contribution in [0.2, 0.25) is 0 Å². The molecule has 0 atom stereocenters. The topological polar surface area (TPSA) is 83.7 Å². The summed E-state index contributed by atoms with van der Waals surface area (Å²) in [6.07, 6.45) is 1.80. The van der Waals surface area contributed by atoms with Crippen LogP contribution in [0, 0.1) is 0 Å². The summed E-state index contributed by atoms with van der Waals surface area (Å²) in [4.78, 5) is 16.1. The van der Waals surface area contributed by atoms with Crippen molar-refractivity contribution in [1.29, 1.82) is 0 Å². The summed E-state index contributed by atoms with van der Waals surface area (Å²) in [5.41, 5.74) is 6.63. The lowest BCUT2D eigenvalue weighted by molar-refractivity contribution is 0.00578. The molecule has 1 aliphatic heterocycles. The predicted octanol–water partition coefficient (Wildman–Crippen LogP) is 2.23. The number of rotatable bonds is 5. The largest absolute Gasteiger partial charge is 0.491 e. The van der Waals surface area contributed by atoms with Gasteiger partial charge in [-0.2, -0.15) is 0 Å². The number of ether oxygens (including phenoxy) is 1. The summed E-state index contributed by atoms with van der Waals surface area (Å²) < 4.78 is 17.0. The second kappa shape index (κ2) is 7.05. The average molecular weight is 332 g/mol. The highest BCUT2D eigenvalue weighted by Gasteiger charge is 2.52. The quantitative estimate of drug-likeness (QED) is 0.658. The molecule has 24 heavy (non-hydrogen) atoms. The van der Waals surface area contributed by atoms with Crippen LogP contribution in [0.25, 0.3) is 6.08 Å². The Morgan fingerprint density at radius 3 is 2.46 bits per heavy atom. The van der Waals surface area contributed by atoms with Gasteiger partial charge in [-0.15, -0.1) is 0 Å². The number of carbonyl (C=O) groups is 1. The van der Waals surface area contributed by atoms with Crippen LogP contribution in [0.3, 0.4) is 0 Å². The number of hydrogen-bond acceptors (Lipinski definition) is 6. The van der Waals surface area contributed by atoms with Crippen molar-refractivity contribution in [2.75, 3.05) is 13.2 Å². The van der Waals surface area contributed by atoms with Crippen LogP contribution >= 0.6 is 0 Å². The summed E-state index contributed by atoms with van der Waals surface area (Å²) >= 11 is 0. The van der Waals surface area contributed by atoms with Gasteiger partial charge in [-0.3, -0.25) is 0 Å². The van der Waals surface area contributed by atoms with Crippen molar-refractivity contribution in [1.82, 2.24) is 4.98 Å². The molecule has 7 heteroatoms. The number of esters is 1. The van der Waals surface area contributed by atoms with Crippen molar-refractivity contribution < 1.29 is 18.8 Å². The Morgan fingerprint density at radius 1 is 1.29 bits per heavy atom. The summed E-state index contributed by atoms with van der Waals surface area (Å²) in [7, 11) is -0.534. The Balaban J connectivity index is 2.26. The average Bonchev–Trinajstić information content (AvgIpc) is 2.73. The molecule has 1 aromatic rings. The normalized spacial score (nSPS) is 19.4. The summed E-state index contributed by atoms with van der Waals surface area (Å²) in [5.74, 6) is -0.447. The SMILES string of the molecule is CCOC(=O)c1cccc(C=C(CN)B2OC(C)(C)C(C)(C)O2)n1. The van der Waals surface area contributed by atoms with E-state index in [4.69, 9.17) is 19.8 Å².